The molecule has 32 heavy (non-hydrogen) atoms. The number of nitrogens with zero attached hydrogens (tertiary/aromatic N) is 6. The first-order valence-corrected chi connectivity index (χ1v) is 11.2. The Kier molecular flexibility index (Phi) is 5.75. The first kappa shape index (κ1) is 20.5. The highest BCUT2D eigenvalue weighted by Gasteiger charge is 2.31. The van der Waals surface area contributed by atoms with E-state index in [1.54, 1.807) is 19.5 Å². The van der Waals surface area contributed by atoms with E-state index in [-0.39, 0.29) is 11.8 Å². The molecule has 2 aliphatic heterocycles. The third kappa shape index (κ3) is 4.17. The summed E-state index contributed by atoms with van der Waals surface area (Å²) >= 11 is 0. The van der Waals surface area contributed by atoms with Gasteiger partial charge in [0.2, 0.25) is 5.91 Å². The number of amides is 1. The van der Waals surface area contributed by atoms with Gasteiger partial charge in [0.15, 0.2) is 5.65 Å². The summed E-state index contributed by atoms with van der Waals surface area (Å²) in [5.74, 6) is 1.15. The molecule has 166 valence electrons. The molecule has 1 aromatic carbocycles. The van der Waals surface area contributed by atoms with Gasteiger partial charge < -0.3 is 19.4 Å². The van der Waals surface area contributed by atoms with E-state index < -0.39 is 0 Å². The molecule has 8 heteroatoms. The molecule has 0 radical (unpaired) electrons. The van der Waals surface area contributed by atoms with Crippen molar-refractivity contribution < 1.29 is 9.53 Å². The molecular formula is C24H28N6O2. The Bertz CT molecular complexity index is 1100. The standard InChI is InChI=1S/C24H28N6O2/c1-32-21-6-2-5-19(14-21)28-10-12-29(13-11-28)24(31)18-4-3-9-30(17-18)20-15-22-23(27-16-20)26-8-7-25-22/h2,5-8,14-16,18H,3-4,9-13,17H2,1H3/t18-/m0/s1. The Hall–Kier alpha value is -3.42. The van der Waals surface area contributed by atoms with Crippen LogP contribution in [-0.2, 0) is 4.79 Å². The smallest absolute Gasteiger partial charge is 0.227 e. The van der Waals surface area contributed by atoms with Crippen molar-refractivity contribution >= 4 is 28.4 Å². The van der Waals surface area contributed by atoms with Gasteiger partial charge in [-0.25, -0.2) is 9.97 Å². The minimum Gasteiger partial charge on any atom is -0.497 e. The average Bonchev–Trinajstić information content (AvgIpc) is 2.88. The number of rotatable bonds is 4. The quantitative estimate of drug-likeness (QED) is 0.627. The topological polar surface area (TPSA) is 74.7 Å². The van der Waals surface area contributed by atoms with Crippen molar-refractivity contribution in [1.82, 2.24) is 19.9 Å². The number of anilines is 2. The molecule has 2 fully saturated rings. The van der Waals surface area contributed by atoms with Gasteiger partial charge in [0.05, 0.1) is 24.9 Å². The van der Waals surface area contributed by atoms with E-state index >= 15 is 0 Å². The molecule has 5 rings (SSSR count). The largest absolute Gasteiger partial charge is 0.497 e. The highest BCUT2D eigenvalue weighted by molar-refractivity contribution is 5.80. The van der Waals surface area contributed by atoms with Crippen molar-refractivity contribution in [1.29, 1.82) is 0 Å². The molecule has 2 aromatic heterocycles. The molecule has 0 saturated carbocycles. The number of ether oxygens (including phenoxy) is 1. The first-order chi connectivity index (χ1) is 15.7. The van der Waals surface area contributed by atoms with Gasteiger partial charge >= 0.3 is 0 Å². The van der Waals surface area contributed by atoms with Crippen LogP contribution in [-0.4, -0.2) is 72.1 Å². The lowest BCUT2D eigenvalue weighted by Crippen LogP contribution is -2.52. The minimum atomic E-state index is 0.0182. The fraction of sp³-hybridized carbons (Fsp3) is 0.417. The fourth-order valence-corrected chi connectivity index (χ4v) is 4.68. The zero-order valence-electron chi connectivity index (χ0n) is 18.4. The van der Waals surface area contributed by atoms with Crippen LogP contribution in [0.15, 0.2) is 48.9 Å². The van der Waals surface area contributed by atoms with Crippen molar-refractivity contribution in [3.8, 4) is 5.75 Å². The molecule has 0 aliphatic carbocycles. The lowest BCUT2D eigenvalue weighted by molar-refractivity contribution is -0.136. The number of pyridine rings is 1. The van der Waals surface area contributed by atoms with Crippen LogP contribution in [0.5, 0.6) is 5.75 Å². The fourth-order valence-electron chi connectivity index (χ4n) is 4.68. The lowest BCUT2D eigenvalue weighted by Gasteiger charge is -2.40. The van der Waals surface area contributed by atoms with E-state index in [2.05, 4.69) is 36.9 Å². The number of carbonyl (C=O) groups excluding carboxylic acids is 1. The third-order valence-electron chi connectivity index (χ3n) is 6.46. The SMILES string of the molecule is COc1cccc(N2CCN(C(=O)[C@H]3CCCN(c4cnc5nccnc5c4)C3)CC2)c1. The number of fused-ring (bicyclic) bond motifs is 1. The predicted molar refractivity (Wildman–Crippen MR) is 124 cm³/mol. The van der Waals surface area contributed by atoms with Crippen molar-refractivity contribution in [2.45, 2.75) is 12.8 Å². The van der Waals surface area contributed by atoms with Crippen molar-refractivity contribution in [3.05, 3.63) is 48.9 Å². The van der Waals surface area contributed by atoms with Gasteiger partial charge in [-0.05, 0) is 31.0 Å². The third-order valence-corrected chi connectivity index (χ3v) is 6.46. The molecule has 0 bridgehead atoms. The minimum absolute atomic E-state index is 0.0182. The molecule has 0 N–H and O–H groups in total. The maximum absolute atomic E-state index is 13.3. The summed E-state index contributed by atoms with van der Waals surface area (Å²) < 4.78 is 5.35. The Morgan fingerprint density at radius 1 is 0.969 bits per heavy atom. The Balaban J connectivity index is 1.21. The summed E-state index contributed by atoms with van der Waals surface area (Å²) in [5.41, 5.74) is 3.59. The maximum atomic E-state index is 13.3. The summed E-state index contributed by atoms with van der Waals surface area (Å²) in [6.07, 6.45) is 7.11. The zero-order chi connectivity index (χ0) is 21.9. The van der Waals surface area contributed by atoms with E-state index in [0.29, 0.717) is 5.65 Å². The predicted octanol–water partition coefficient (Wildman–Crippen LogP) is 2.60. The van der Waals surface area contributed by atoms with Crippen LogP contribution in [0.25, 0.3) is 11.2 Å². The van der Waals surface area contributed by atoms with Crippen LogP contribution in [0.1, 0.15) is 12.8 Å². The molecule has 2 saturated heterocycles. The van der Waals surface area contributed by atoms with Crippen molar-refractivity contribution in [3.63, 3.8) is 0 Å². The number of piperidine rings is 1. The van der Waals surface area contributed by atoms with E-state index in [0.717, 1.165) is 74.8 Å². The Morgan fingerprint density at radius 2 is 1.81 bits per heavy atom. The van der Waals surface area contributed by atoms with E-state index in [9.17, 15) is 4.79 Å². The number of carbonyl (C=O) groups is 1. The summed E-state index contributed by atoms with van der Waals surface area (Å²) in [6, 6.07) is 10.1. The summed E-state index contributed by atoms with van der Waals surface area (Å²) in [6.45, 7) is 4.83. The summed E-state index contributed by atoms with van der Waals surface area (Å²) in [4.78, 5) is 33.0. The molecular weight excluding hydrogens is 404 g/mol. The molecule has 4 heterocycles. The summed E-state index contributed by atoms with van der Waals surface area (Å²) in [5, 5.41) is 0. The molecule has 3 aromatic rings. The van der Waals surface area contributed by atoms with Crippen LogP contribution < -0.4 is 14.5 Å². The average molecular weight is 433 g/mol. The number of benzene rings is 1. The van der Waals surface area contributed by atoms with E-state index in [4.69, 9.17) is 4.74 Å². The van der Waals surface area contributed by atoms with Crippen molar-refractivity contribution in [2.75, 3.05) is 56.2 Å². The highest BCUT2D eigenvalue weighted by Crippen LogP contribution is 2.27. The molecule has 8 nitrogen and oxygen atoms in total. The summed E-state index contributed by atoms with van der Waals surface area (Å²) in [7, 11) is 1.69. The molecule has 0 spiro atoms. The number of aromatic nitrogens is 3. The zero-order valence-corrected chi connectivity index (χ0v) is 18.4. The van der Waals surface area contributed by atoms with Gasteiger partial charge in [-0.3, -0.25) is 9.78 Å². The van der Waals surface area contributed by atoms with Gasteiger partial charge in [0.1, 0.15) is 11.3 Å². The highest BCUT2D eigenvalue weighted by atomic mass is 16.5. The van der Waals surface area contributed by atoms with Gasteiger partial charge in [0.25, 0.3) is 0 Å². The van der Waals surface area contributed by atoms with Crippen LogP contribution in [0.2, 0.25) is 0 Å². The second kappa shape index (κ2) is 8.98. The van der Waals surface area contributed by atoms with Gasteiger partial charge in [-0.2, -0.15) is 0 Å². The molecule has 1 amide bonds. The number of hydrogen-bond donors (Lipinski definition) is 0. The molecule has 2 aliphatic rings. The van der Waals surface area contributed by atoms with Crippen LogP contribution in [0.3, 0.4) is 0 Å². The normalized spacial score (nSPS) is 19.3. The van der Waals surface area contributed by atoms with Gasteiger partial charge in [0, 0.05) is 63.4 Å². The number of methoxy groups -OCH3 is 1. The molecule has 1 atom stereocenters. The number of hydrogen-bond acceptors (Lipinski definition) is 7. The monoisotopic (exact) mass is 432 g/mol. The molecule has 0 unspecified atom stereocenters. The lowest BCUT2D eigenvalue weighted by atomic mass is 9.95. The Morgan fingerprint density at radius 3 is 2.66 bits per heavy atom. The van der Waals surface area contributed by atoms with Crippen LogP contribution >= 0.6 is 0 Å². The van der Waals surface area contributed by atoms with Crippen molar-refractivity contribution in [2.24, 2.45) is 5.92 Å². The van der Waals surface area contributed by atoms with Crippen LogP contribution in [0.4, 0.5) is 11.4 Å². The van der Waals surface area contributed by atoms with Crippen LogP contribution in [0, 0.1) is 5.92 Å². The Labute approximate surface area is 187 Å². The van der Waals surface area contributed by atoms with Gasteiger partial charge in [-0.15, -0.1) is 0 Å². The number of piperazine rings is 1. The second-order valence-corrected chi connectivity index (χ2v) is 8.39. The van der Waals surface area contributed by atoms with E-state index in [1.165, 1.54) is 0 Å². The van der Waals surface area contributed by atoms with Gasteiger partial charge in [-0.1, -0.05) is 6.07 Å². The first-order valence-electron chi connectivity index (χ1n) is 11.2. The maximum Gasteiger partial charge on any atom is 0.227 e. The van der Waals surface area contributed by atoms with E-state index in [1.807, 2.05) is 29.3 Å². The second-order valence-electron chi connectivity index (χ2n) is 8.39.